The first kappa shape index (κ1) is 46.4. The number of carbonyl (C=O) groups excluding carboxylic acids is 3. The Morgan fingerprint density at radius 3 is 2.28 bits per heavy atom. The average molecular weight is 877 g/mol. The SMILES string of the molecule is C[C@@H](CC[C@H](O)c1ccc(O)c2[nH]c(=O)ccc12)Cc1cccc(CCC(=O)CCc2ccc(N(C)C(=O)CCN3CCC(OC(=O)Nc4ccccc4-c4ccccc4)CC3)cc2)c1. The van der Waals surface area contributed by atoms with Crippen LogP contribution in [0.3, 0.4) is 0 Å². The number of benzene rings is 5. The number of ether oxygens (including phenoxy) is 1. The lowest BCUT2D eigenvalue weighted by molar-refractivity contribution is -0.119. The van der Waals surface area contributed by atoms with Gasteiger partial charge in [0, 0.05) is 68.6 Å². The van der Waals surface area contributed by atoms with Crippen LogP contribution in [0, 0.1) is 5.92 Å². The van der Waals surface area contributed by atoms with Crippen molar-refractivity contribution in [2.75, 3.05) is 36.9 Å². The smallest absolute Gasteiger partial charge is 0.411 e. The number of aromatic hydroxyl groups is 1. The van der Waals surface area contributed by atoms with E-state index in [0.717, 1.165) is 53.9 Å². The van der Waals surface area contributed by atoms with E-state index in [1.54, 1.807) is 24.1 Å². The number of fused-ring (bicyclic) bond motifs is 1. The van der Waals surface area contributed by atoms with Crippen molar-refractivity contribution in [2.45, 2.75) is 83.3 Å². The van der Waals surface area contributed by atoms with Gasteiger partial charge in [-0.05, 0) is 109 Å². The quantitative estimate of drug-likeness (QED) is 0.0628. The average Bonchev–Trinajstić information content (AvgIpc) is 3.32. The molecule has 7 rings (SSSR count). The van der Waals surface area contributed by atoms with Crippen molar-refractivity contribution in [1.29, 1.82) is 0 Å². The zero-order chi connectivity index (χ0) is 45.7. The number of hydrogen-bond acceptors (Lipinski definition) is 8. The van der Waals surface area contributed by atoms with Crippen molar-refractivity contribution < 1.29 is 29.3 Å². The van der Waals surface area contributed by atoms with E-state index in [-0.39, 0.29) is 29.1 Å². The van der Waals surface area contributed by atoms with Crippen molar-refractivity contribution >= 4 is 40.1 Å². The van der Waals surface area contributed by atoms with Crippen LogP contribution in [0.2, 0.25) is 0 Å². The van der Waals surface area contributed by atoms with Gasteiger partial charge in [0.25, 0.3) is 0 Å². The number of pyridine rings is 1. The summed E-state index contributed by atoms with van der Waals surface area (Å²) >= 11 is 0. The lowest BCUT2D eigenvalue weighted by Crippen LogP contribution is -2.40. The summed E-state index contributed by atoms with van der Waals surface area (Å²) in [6, 6.07) is 40.1. The summed E-state index contributed by atoms with van der Waals surface area (Å²) in [5.74, 6) is 0.524. The Labute approximate surface area is 381 Å². The van der Waals surface area contributed by atoms with Crippen LogP contribution in [0.1, 0.15) is 80.2 Å². The number of aryl methyl sites for hydroxylation is 2. The van der Waals surface area contributed by atoms with Gasteiger partial charge in [-0.3, -0.25) is 19.7 Å². The molecule has 2 atom stereocenters. The summed E-state index contributed by atoms with van der Waals surface area (Å²) in [6.07, 6.45) is 4.84. The van der Waals surface area contributed by atoms with E-state index >= 15 is 0 Å². The number of nitrogens with zero attached hydrogens (tertiary/aromatic N) is 2. The summed E-state index contributed by atoms with van der Waals surface area (Å²) in [5.41, 5.74) is 7.56. The number of piperidine rings is 1. The van der Waals surface area contributed by atoms with Crippen LogP contribution < -0.4 is 15.8 Å². The van der Waals surface area contributed by atoms with Gasteiger partial charge in [0.1, 0.15) is 17.6 Å². The van der Waals surface area contributed by atoms with Gasteiger partial charge in [0.2, 0.25) is 11.5 Å². The van der Waals surface area contributed by atoms with Crippen molar-refractivity contribution in [2.24, 2.45) is 5.92 Å². The van der Waals surface area contributed by atoms with Gasteiger partial charge in [0.15, 0.2) is 0 Å². The highest BCUT2D eigenvalue weighted by atomic mass is 16.6. The normalized spacial score (nSPS) is 14.1. The molecule has 1 aliphatic heterocycles. The number of para-hydroxylation sites is 1. The van der Waals surface area contributed by atoms with Gasteiger partial charge in [-0.2, -0.15) is 0 Å². The monoisotopic (exact) mass is 876 g/mol. The first-order chi connectivity index (χ1) is 31.5. The van der Waals surface area contributed by atoms with Crippen LogP contribution in [0.15, 0.2) is 132 Å². The molecule has 0 radical (unpaired) electrons. The fraction of sp³-hybridized carbons (Fsp3) is 0.333. The summed E-state index contributed by atoms with van der Waals surface area (Å²) in [6.45, 7) is 4.29. The molecule has 1 aromatic heterocycles. The summed E-state index contributed by atoms with van der Waals surface area (Å²) in [4.78, 5) is 57.3. The zero-order valence-electron chi connectivity index (χ0n) is 37.4. The third kappa shape index (κ3) is 13.0. The molecule has 2 amide bonds. The van der Waals surface area contributed by atoms with Crippen molar-refractivity contribution in [3.05, 3.63) is 160 Å². The molecular weight excluding hydrogens is 817 g/mol. The van der Waals surface area contributed by atoms with Crippen molar-refractivity contribution in [3.8, 4) is 16.9 Å². The number of ketones is 1. The molecule has 0 unspecified atom stereocenters. The topological polar surface area (TPSA) is 152 Å². The van der Waals surface area contributed by atoms with Gasteiger partial charge >= 0.3 is 6.09 Å². The highest BCUT2D eigenvalue weighted by molar-refractivity contribution is 5.93. The predicted octanol–water partition coefficient (Wildman–Crippen LogP) is 9.79. The Morgan fingerprint density at radius 1 is 0.800 bits per heavy atom. The molecule has 5 aromatic carbocycles. The molecule has 6 aromatic rings. The summed E-state index contributed by atoms with van der Waals surface area (Å²) < 4.78 is 5.79. The third-order valence-corrected chi connectivity index (χ3v) is 12.6. The highest BCUT2D eigenvalue weighted by Crippen LogP contribution is 2.32. The maximum atomic E-state index is 13.2. The second kappa shape index (κ2) is 22.4. The molecule has 0 bridgehead atoms. The predicted molar refractivity (Wildman–Crippen MR) is 257 cm³/mol. The summed E-state index contributed by atoms with van der Waals surface area (Å²) in [7, 11) is 1.79. The number of amides is 2. The number of carbonyl (C=O) groups is 3. The lowest BCUT2D eigenvalue weighted by Gasteiger charge is -2.31. The minimum atomic E-state index is -0.731. The molecule has 0 saturated carbocycles. The van der Waals surface area contributed by atoms with Gasteiger partial charge in [0.05, 0.1) is 17.3 Å². The molecule has 4 N–H and O–H groups in total. The molecule has 338 valence electrons. The standard InChI is InChI=1S/C54H60N4O7/c1-37(15-26-49(60)46-24-27-50(61)53-47(46)25-28-51(62)56-53)35-40-10-8-9-39(36-40)19-23-43(59)22-18-38-16-20-42(21-17-38)57(2)52(63)31-34-58-32-29-44(30-33-58)65-54(64)55-48-14-7-6-13-45(48)41-11-4-3-5-12-41/h3-14,16-17,20-21,24-25,27-28,36-37,44,49,60-61H,15,18-19,22-23,26,29-35H2,1-2H3,(H,55,64)(H,56,62)/t37-,49-/m0/s1. The van der Waals surface area contributed by atoms with Crippen LogP contribution in [-0.4, -0.2) is 70.7 Å². The molecule has 1 aliphatic rings. The van der Waals surface area contributed by atoms with Crippen LogP contribution >= 0.6 is 0 Å². The minimum Gasteiger partial charge on any atom is -0.506 e. The molecule has 1 saturated heterocycles. The Bertz CT molecular complexity index is 2600. The molecular formula is C54H60N4O7. The molecule has 11 heteroatoms. The Morgan fingerprint density at radius 2 is 1.51 bits per heavy atom. The first-order valence-electron chi connectivity index (χ1n) is 22.8. The number of hydrogen-bond donors (Lipinski definition) is 4. The van der Waals surface area contributed by atoms with Gasteiger partial charge in [-0.1, -0.05) is 97.9 Å². The van der Waals surface area contributed by atoms with Crippen LogP contribution in [0.25, 0.3) is 22.0 Å². The lowest BCUT2D eigenvalue weighted by atomic mass is 9.91. The number of rotatable bonds is 19. The van der Waals surface area contributed by atoms with Crippen LogP contribution in [0.5, 0.6) is 5.75 Å². The molecule has 11 nitrogen and oxygen atoms in total. The number of aliphatic hydroxyl groups is 1. The molecule has 2 heterocycles. The number of likely N-dealkylation sites (tertiary alicyclic amines) is 1. The number of aromatic nitrogens is 1. The van der Waals surface area contributed by atoms with Gasteiger partial charge in [-0.15, -0.1) is 0 Å². The Kier molecular flexibility index (Phi) is 16.0. The second-order valence-electron chi connectivity index (χ2n) is 17.4. The van der Waals surface area contributed by atoms with E-state index < -0.39 is 12.2 Å². The molecule has 0 spiro atoms. The molecule has 65 heavy (non-hydrogen) atoms. The van der Waals surface area contributed by atoms with E-state index in [9.17, 15) is 29.4 Å². The first-order valence-corrected chi connectivity index (χ1v) is 22.8. The van der Waals surface area contributed by atoms with E-state index in [2.05, 4.69) is 40.3 Å². The van der Waals surface area contributed by atoms with E-state index in [4.69, 9.17) is 4.74 Å². The maximum Gasteiger partial charge on any atom is 0.411 e. The van der Waals surface area contributed by atoms with Gasteiger partial charge < -0.3 is 29.7 Å². The number of phenolic OH excluding ortho intramolecular Hbond substituents is 1. The fourth-order valence-electron chi connectivity index (χ4n) is 8.71. The minimum absolute atomic E-state index is 0.0237. The van der Waals surface area contributed by atoms with E-state index in [1.807, 2.05) is 84.9 Å². The maximum absolute atomic E-state index is 13.2. The largest absolute Gasteiger partial charge is 0.506 e. The molecule has 1 fully saturated rings. The van der Waals surface area contributed by atoms with E-state index in [0.29, 0.717) is 86.0 Å². The number of aliphatic hydroxyl groups excluding tert-OH is 1. The number of anilines is 2. The number of aromatic amines is 1. The second-order valence-corrected chi connectivity index (χ2v) is 17.4. The number of H-pyrrole nitrogens is 1. The number of phenols is 1. The zero-order valence-corrected chi connectivity index (χ0v) is 37.4. The Balaban J connectivity index is 0.775. The van der Waals surface area contributed by atoms with Crippen LogP contribution in [0.4, 0.5) is 16.2 Å². The van der Waals surface area contributed by atoms with Crippen molar-refractivity contribution in [1.82, 2.24) is 9.88 Å². The fourth-order valence-corrected chi connectivity index (χ4v) is 8.71. The third-order valence-electron chi connectivity index (χ3n) is 12.6. The Hall–Kier alpha value is -6.56. The van der Waals surface area contributed by atoms with E-state index in [1.165, 1.54) is 17.7 Å². The van der Waals surface area contributed by atoms with Crippen LogP contribution in [-0.2, 0) is 33.6 Å². The number of Topliss-reactive ketones (excluding diaryl/α,β-unsaturated/α-hetero) is 1. The molecule has 0 aliphatic carbocycles. The highest BCUT2D eigenvalue weighted by Gasteiger charge is 2.24. The van der Waals surface area contributed by atoms with Crippen molar-refractivity contribution in [3.63, 3.8) is 0 Å². The van der Waals surface area contributed by atoms with Gasteiger partial charge in [-0.25, -0.2) is 4.79 Å². The summed E-state index contributed by atoms with van der Waals surface area (Å²) in [5, 5.41) is 24.8. The number of nitrogens with one attached hydrogen (secondary N) is 2.